The number of nitrogens with one attached hydrogen (secondary N) is 2. The van der Waals surface area contributed by atoms with Gasteiger partial charge >= 0.3 is 0 Å². The highest BCUT2D eigenvalue weighted by Crippen LogP contribution is 2.18. The molecule has 1 heterocycles. The SMILES string of the molecule is CCc1nc(NCc2ccccc2[N+](=O)[O-])cc(=O)[nH]1. The number of nitro benzene ring substituents is 1. The molecule has 0 aliphatic carbocycles. The number of aromatic nitrogens is 2. The zero-order chi connectivity index (χ0) is 14.5. The van der Waals surface area contributed by atoms with Gasteiger partial charge in [0.25, 0.3) is 11.2 Å². The number of rotatable bonds is 5. The van der Waals surface area contributed by atoms with Gasteiger partial charge in [-0.1, -0.05) is 25.1 Å². The first-order valence-corrected chi connectivity index (χ1v) is 6.16. The first-order chi connectivity index (χ1) is 9.60. The van der Waals surface area contributed by atoms with Crippen LogP contribution < -0.4 is 10.9 Å². The molecule has 2 rings (SSSR count). The minimum atomic E-state index is -0.431. The molecule has 0 amide bonds. The van der Waals surface area contributed by atoms with Crippen LogP contribution in [0, 0.1) is 10.1 Å². The van der Waals surface area contributed by atoms with E-state index < -0.39 is 4.92 Å². The Morgan fingerprint density at radius 1 is 1.40 bits per heavy atom. The molecule has 1 aromatic heterocycles. The molecule has 2 aromatic rings. The summed E-state index contributed by atoms with van der Waals surface area (Å²) in [4.78, 5) is 28.7. The van der Waals surface area contributed by atoms with Crippen LogP contribution in [0.5, 0.6) is 0 Å². The molecule has 20 heavy (non-hydrogen) atoms. The average molecular weight is 274 g/mol. The molecule has 0 radical (unpaired) electrons. The fourth-order valence-corrected chi connectivity index (χ4v) is 1.79. The second-order valence-corrected chi connectivity index (χ2v) is 4.17. The Bertz CT molecular complexity index is 681. The highest BCUT2D eigenvalue weighted by atomic mass is 16.6. The van der Waals surface area contributed by atoms with Crippen molar-refractivity contribution in [2.45, 2.75) is 19.9 Å². The van der Waals surface area contributed by atoms with Crippen LogP contribution in [0.25, 0.3) is 0 Å². The molecule has 2 N–H and O–H groups in total. The summed E-state index contributed by atoms with van der Waals surface area (Å²) in [7, 11) is 0. The van der Waals surface area contributed by atoms with Crippen LogP contribution in [-0.4, -0.2) is 14.9 Å². The Hall–Kier alpha value is -2.70. The summed E-state index contributed by atoms with van der Waals surface area (Å²) in [6, 6.07) is 7.78. The van der Waals surface area contributed by atoms with Crippen molar-refractivity contribution in [3.63, 3.8) is 0 Å². The number of H-pyrrole nitrogens is 1. The fourth-order valence-electron chi connectivity index (χ4n) is 1.79. The van der Waals surface area contributed by atoms with Gasteiger partial charge in [-0.2, -0.15) is 0 Å². The number of hydrogen-bond acceptors (Lipinski definition) is 5. The quantitative estimate of drug-likeness (QED) is 0.640. The molecule has 0 fully saturated rings. The first kappa shape index (κ1) is 13.7. The van der Waals surface area contributed by atoms with Crippen molar-refractivity contribution in [2.75, 3.05) is 5.32 Å². The summed E-state index contributed by atoms with van der Waals surface area (Å²) in [5.74, 6) is 0.978. The van der Waals surface area contributed by atoms with Crippen molar-refractivity contribution in [3.8, 4) is 0 Å². The van der Waals surface area contributed by atoms with Crippen molar-refractivity contribution < 1.29 is 4.92 Å². The predicted octanol–water partition coefficient (Wildman–Crippen LogP) is 1.85. The Balaban J connectivity index is 2.19. The van der Waals surface area contributed by atoms with E-state index in [1.165, 1.54) is 12.1 Å². The van der Waals surface area contributed by atoms with Crippen molar-refractivity contribution in [3.05, 3.63) is 62.2 Å². The second-order valence-electron chi connectivity index (χ2n) is 4.17. The zero-order valence-electron chi connectivity index (χ0n) is 10.9. The predicted molar refractivity (Wildman–Crippen MR) is 74.7 cm³/mol. The van der Waals surface area contributed by atoms with Crippen molar-refractivity contribution in [2.24, 2.45) is 0 Å². The second kappa shape index (κ2) is 5.96. The van der Waals surface area contributed by atoms with Crippen LogP contribution in [0.4, 0.5) is 11.5 Å². The number of benzene rings is 1. The van der Waals surface area contributed by atoms with Gasteiger partial charge in [0, 0.05) is 30.7 Å². The Morgan fingerprint density at radius 3 is 2.85 bits per heavy atom. The fraction of sp³-hybridized carbons (Fsp3) is 0.231. The zero-order valence-corrected chi connectivity index (χ0v) is 10.9. The summed E-state index contributed by atoms with van der Waals surface area (Å²) in [5, 5.41) is 13.8. The van der Waals surface area contributed by atoms with Gasteiger partial charge in [0.1, 0.15) is 11.6 Å². The monoisotopic (exact) mass is 274 g/mol. The summed E-state index contributed by atoms with van der Waals surface area (Å²) in [5.41, 5.74) is 0.333. The molecule has 0 aliphatic heterocycles. The normalized spacial score (nSPS) is 10.2. The maximum absolute atomic E-state index is 11.4. The third-order valence-corrected chi connectivity index (χ3v) is 2.77. The molecule has 0 atom stereocenters. The van der Waals surface area contributed by atoms with Gasteiger partial charge in [0.05, 0.1) is 4.92 Å². The summed E-state index contributed by atoms with van der Waals surface area (Å²) in [6.45, 7) is 2.11. The molecular formula is C13H14N4O3. The largest absolute Gasteiger partial charge is 0.366 e. The van der Waals surface area contributed by atoms with Crippen LogP contribution in [-0.2, 0) is 13.0 Å². The maximum Gasteiger partial charge on any atom is 0.274 e. The maximum atomic E-state index is 11.4. The molecule has 104 valence electrons. The van der Waals surface area contributed by atoms with E-state index in [1.807, 2.05) is 6.92 Å². The van der Waals surface area contributed by atoms with Gasteiger partial charge in [-0.25, -0.2) is 4.98 Å². The van der Waals surface area contributed by atoms with Crippen molar-refractivity contribution in [1.29, 1.82) is 0 Å². The molecule has 0 bridgehead atoms. The van der Waals surface area contributed by atoms with E-state index >= 15 is 0 Å². The van der Waals surface area contributed by atoms with E-state index in [-0.39, 0.29) is 17.8 Å². The summed E-state index contributed by atoms with van der Waals surface area (Å²) in [6.07, 6.45) is 0.607. The lowest BCUT2D eigenvalue weighted by Crippen LogP contribution is -2.13. The molecule has 0 saturated heterocycles. The van der Waals surface area contributed by atoms with Crippen LogP contribution in [0.15, 0.2) is 35.1 Å². The molecule has 0 unspecified atom stereocenters. The molecule has 0 saturated carbocycles. The topological polar surface area (TPSA) is 101 Å². The van der Waals surface area contributed by atoms with E-state index in [9.17, 15) is 14.9 Å². The summed E-state index contributed by atoms with van der Waals surface area (Å²) < 4.78 is 0. The van der Waals surface area contributed by atoms with Crippen LogP contribution in [0.1, 0.15) is 18.3 Å². The highest BCUT2D eigenvalue weighted by Gasteiger charge is 2.12. The van der Waals surface area contributed by atoms with Gasteiger partial charge in [-0.05, 0) is 0 Å². The van der Waals surface area contributed by atoms with E-state index in [2.05, 4.69) is 15.3 Å². The van der Waals surface area contributed by atoms with Crippen molar-refractivity contribution in [1.82, 2.24) is 9.97 Å². The minimum absolute atomic E-state index is 0.0422. The Labute approximate surface area is 114 Å². The minimum Gasteiger partial charge on any atom is -0.366 e. The number of para-hydroxylation sites is 1. The average Bonchev–Trinajstić information content (AvgIpc) is 2.44. The lowest BCUT2D eigenvalue weighted by Gasteiger charge is -2.07. The van der Waals surface area contributed by atoms with Crippen LogP contribution >= 0.6 is 0 Å². The molecule has 0 spiro atoms. The molecule has 0 aliphatic rings. The molecule has 7 heteroatoms. The number of hydrogen-bond donors (Lipinski definition) is 2. The van der Waals surface area contributed by atoms with Gasteiger partial charge in [-0.15, -0.1) is 0 Å². The van der Waals surface area contributed by atoms with Gasteiger partial charge in [0.2, 0.25) is 0 Å². The number of aryl methyl sites for hydroxylation is 1. The Kier molecular flexibility index (Phi) is 4.09. The van der Waals surface area contributed by atoms with Gasteiger partial charge in [-0.3, -0.25) is 14.9 Å². The van der Waals surface area contributed by atoms with Gasteiger partial charge in [0.15, 0.2) is 0 Å². The number of anilines is 1. The lowest BCUT2D eigenvalue weighted by atomic mass is 10.2. The first-order valence-electron chi connectivity index (χ1n) is 6.16. The van der Waals surface area contributed by atoms with E-state index in [4.69, 9.17) is 0 Å². The van der Waals surface area contributed by atoms with E-state index in [0.29, 0.717) is 23.6 Å². The van der Waals surface area contributed by atoms with Crippen LogP contribution in [0.3, 0.4) is 0 Å². The van der Waals surface area contributed by atoms with Gasteiger partial charge < -0.3 is 10.3 Å². The molecular weight excluding hydrogens is 260 g/mol. The number of nitrogens with zero attached hydrogens (tertiary/aromatic N) is 2. The third kappa shape index (κ3) is 3.19. The third-order valence-electron chi connectivity index (χ3n) is 2.77. The van der Waals surface area contributed by atoms with Crippen molar-refractivity contribution >= 4 is 11.5 Å². The highest BCUT2D eigenvalue weighted by molar-refractivity contribution is 5.43. The molecule has 7 nitrogen and oxygen atoms in total. The summed E-state index contributed by atoms with van der Waals surface area (Å²) >= 11 is 0. The van der Waals surface area contributed by atoms with Crippen LogP contribution in [0.2, 0.25) is 0 Å². The standard InChI is InChI=1S/C13H14N4O3/c1-2-11-15-12(7-13(18)16-11)14-8-9-5-3-4-6-10(9)17(19)20/h3-7H,2,8H2,1H3,(H2,14,15,16,18). The Morgan fingerprint density at radius 2 is 2.15 bits per heavy atom. The van der Waals surface area contributed by atoms with E-state index in [0.717, 1.165) is 0 Å². The number of nitro groups is 1. The number of aromatic amines is 1. The molecule has 1 aromatic carbocycles. The lowest BCUT2D eigenvalue weighted by molar-refractivity contribution is -0.385. The smallest absolute Gasteiger partial charge is 0.274 e. The van der Waals surface area contributed by atoms with E-state index in [1.54, 1.807) is 18.2 Å².